The fourth-order valence-electron chi connectivity index (χ4n) is 2.04. The lowest BCUT2D eigenvalue weighted by atomic mass is 10.2. The van der Waals surface area contributed by atoms with Crippen molar-refractivity contribution in [1.29, 1.82) is 0 Å². The first-order chi connectivity index (χ1) is 11.5. The van der Waals surface area contributed by atoms with Crippen LogP contribution in [0.5, 0.6) is 0 Å². The molecule has 0 amide bonds. The number of nitrogens with one attached hydrogen (secondary N) is 1. The largest absolute Gasteiger partial charge is 0.347 e. The molecule has 2 rings (SSSR count). The number of nitrogens with zero attached hydrogens (tertiary/aromatic N) is 1. The molecule has 0 aliphatic rings. The van der Waals surface area contributed by atoms with Gasteiger partial charge >= 0.3 is 7.60 Å². The van der Waals surface area contributed by atoms with E-state index in [4.69, 9.17) is 0 Å². The fraction of sp³-hybridized carbons (Fsp3) is 0.143. The molecular formula is C14H15N2O7PS. The van der Waals surface area contributed by atoms with Gasteiger partial charge < -0.3 is 9.79 Å². The Morgan fingerprint density at radius 1 is 1.08 bits per heavy atom. The summed E-state index contributed by atoms with van der Waals surface area (Å²) in [4.78, 5) is 28.9. The molecule has 0 saturated carbocycles. The van der Waals surface area contributed by atoms with E-state index in [0.29, 0.717) is 0 Å². The molecule has 2 aromatic carbocycles. The van der Waals surface area contributed by atoms with Crippen molar-refractivity contribution in [2.45, 2.75) is 17.6 Å². The van der Waals surface area contributed by atoms with Crippen molar-refractivity contribution < 1.29 is 27.7 Å². The molecule has 134 valence electrons. The molecule has 1 unspecified atom stereocenters. The lowest BCUT2D eigenvalue weighted by Gasteiger charge is -2.20. The van der Waals surface area contributed by atoms with E-state index < -0.39 is 28.3 Å². The molecule has 0 aliphatic carbocycles. The zero-order chi connectivity index (χ0) is 18.8. The van der Waals surface area contributed by atoms with Crippen molar-refractivity contribution in [3.05, 3.63) is 69.8 Å². The maximum atomic E-state index is 12.4. The number of benzene rings is 2. The third-order valence-corrected chi connectivity index (χ3v) is 6.07. The van der Waals surface area contributed by atoms with Gasteiger partial charge in [-0.2, -0.15) is 4.72 Å². The number of hydrogen-bond donors (Lipinski definition) is 3. The third kappa shape index (κ3) is 4.71. The van der Waals surface area contributed by atoms with Gasteiger partial charge in [0, 0.05) is 12.1 Å². The van der Waals surface area contributed by atoms with Crippen LogP contribution in [0.2, 0.25) is 0 Å². The van der Waals surface area contributed by atoms with Crippen LogP contribution in [0.3, 0.4) is 0 Å². The Morgan fingerprint density at radius 3 is 2.04 bits per heavy atom. The molecule has 2 aromatic rings. The number of aryl methyl sites for hydroxylation is 1. The van der Waals surface area contributed by atoms with Crippen LogP contribution in [0.25, 0.3) is 0 Å². The van der Waals surface area contributed by atoms with Gasteiger partial charge in [-0.1, -0.05) is 17.7 Å². The summed E-state index contributed by atoms with van der Waals surface area (Å²) in [5.74, 6) is -1.86. The van der Waals surface area contributed by atoms with E-state index >= 15 is 0 Å². The standard InChI is InChI=1S/C14H15N2O7PS/c1-10-2-8-13(9-3-10)25(22,23)15-14(24(19,20)21)11-4-6-12(7-5-11)16(17)18/h2-9,14-15H,1H3,(H2,19,20,21). The molecule has 11 heteroatoms. The number of rotatable bonds is 6. The maximum Gasteiger partial charge on any atom is 0.347 e. The average Bonchev–Trinajstić information content (AvgIpc) is 2.52. The highest BCUT2D eigenvalue weighted by Gasteiger charge is 2.35. The molecule has 0 fully saturated rings. The third-order valence-electron chi connectivity index (χ3n) is 3.35. The predicted molar refractivity (Wildman–Crippen MR) is 89.4 cm³/mol. The van der Waals surface area contributed by atoms with E-state index in [1.807, 2.05) is 4.72 Å². The smallest absolute Gasteiger partial charge is 0.323 e. The molecule has 0 aliphatic heterocycles. The van der Waals surface area contributed by atoms with E-state index in [1.165, 1.54) is 12.1 Å². The van der Waals surface area contributed by atoms with Crippen LogP contribution in [-0.2, 0) is 14.6 Å². The molecule has 0 bridgehead atoms. The quantitative estimate of drug-likeness (QED) is 0.391. The Labute approximate surface area is 143 Å². The van der Waals surface area contributed by atoms with Gasteiger partial charge in [-0.25, -0.2) is 8.42 Å². The van der Waals surface area contributed by atoms with Gasteiger partial charge in [-0.15, -0.1) is 0 Å². The minimum atomic E-state index is -4.92. The molecule has 9 nitrogen and oxygen atoms in total. The molecule has 0 radical (unpaired) electrons. The predicted octanol–water partition coefficient (Wildman–Crippen LogP) is 2.06. The molecule has 0 aromatic heterocycles. The van der Waals surface area contributed by atoms with Gasteiger partial charge in [-0.05, 0) is 36.8 Å². The Morgan fingerprint density at radius 2 is 1.60 bits per heavy atom. The van der Waals surface area contributed by atoms with Crippen LogP contribution in [0.1, 0.15) is 16.9 Å². The summed E-state index contributed by atoms with van der Waals surface area (Å²) in [5.41, 5.74) is 0.449. The maximum absolute atomic E-state index is 12.4. The average molecular weight is 386 g/mol. The second-order valence-electron chi connectivity index (χ2n) is 5.27. The molecule has 1 atom stereocenters. The van der Waals surface area contributed by atoms with Crippen molar-refractivity contribution in [3.8, 4) is 0 Å². The molecule has 25 heavy (non-hydrogen) atoms. The Hall–Kier alpha value is -2.10. The van der Waals surface area contributed by atoms with Crippen LogP contribution >= 0.6 is 7.60 Å². The topological polar surface area (TPSA) is 147 Å². The first-order valence-corrected chi connectivity index (χ1v) is 10.1. The zero-order valence-corrected chi connectivity index (χ0v) is 14.6. The van der Waals surface area contributed by atoms with Crippen LogP contribution in [-0.4, -0.2) is 23.1 Å². The number of sulfonamides is 1. The highest BCUT2D eigenvalue weighted by atomic mass is 32.2. The lowest BCUT2D eigenvalue weighted by Crippen LogP contribution is -2.28. The molecular weight excluding hydrogens is 371 g/mol. The Bertz CT molecular complexity index is 921. The first-order valence-electron chi connectivity index (χ1n) is 6.89. The second kappa shape index (κ2) is 7.03. The van der Waals surface area contributed by atoms with Gasteiger partial charge in [-0.3, -0.25) is 14.7 Å². The van der Waals surface area contributed by atoms with Crippen molar-refractivity contribution in [1.82, 2.24) is 4.72 Å². The van der Waals surface area contributed by atoms with Crippen LogP contribution in [0.15, 0.2) is 53.4 Å². The minimum Gasteiger partial charge on any atom is -0.323 e. The lowest BCUT2D eigenvalue weighted by molar-refractivity contribution is -0.384. The van der Waals surface area contributed by atoms with Gasteiger partial charge in [0.25, 0.3) is 5.69 Å². The molecule has 0 saturated heterocycles. The minimum absolute atomic E-state index is 0.0883. The number of nitro benzene ring substituents is 1. The van der Waals surface area contributed by atoms with E-state index in [-0.39, 0.29) is 16.1 Å². The monoisotopic (exact) mass is 386 g/mol. The van der Waals surface area contributed by atoms with Gasteiger partial charge in [0.15, 0.2) is 0 Å². The summed E-state index contributed by atoms with van der Waals surface area (Å²) in [6.45, 7) is 1.76. The summed E-state index contributed by atoms with van der Waals surface area (Å²) < 4.78 is 38.5. The summed E-state index contributed by atoms with van der Waals surface area (Å²) >= 11 is 0. The van der Waals surface area contributed by atoms with Crippen LogP contribution in [0.4, 0.5) is 5.69 Å². The highest BCUT2D eigenvalue weighted by Crippen LogP contribution is 2.50. The summed E-state index contributed by atoms with van der Waals surface area (Å²) in [6, 6.07) is 9.99. The summed E-state index contributed by atoms with van der Waals surface area (Å²) in [5, 5.41) is 10.7. The van der Waals surface area contributed by atoms with Crippen molar-refractivity contribution in [2.24, 2.45) is 0 Å². The van der Waals surface area contributed by atoms with Crippen LogP contribution < -0.4 is 4.72 Å². The number of nitro groups is 1. The fourth-order valence-corrected chi connectivity index (χ4v) is 4.63. The zero-order valence-electron chi connectivity index (χ0n) is 12.9. The SMILES string of the molecule is Cc1ccc(S(=O)(=O)NC(c2ccc([N+](=O)[O-])cc2)P(=O)(O)O)cc1. The Balaban J connectivity index is 2.40. The summed E-state index contributed by atoms with van der Waals surface area (Å²) in [6.07, 6.45) is 0. The molecule has 0 spiro atoms. The number of hydrogen-bond acceptors (Lipinski definition) is 5. The normalized spacial score (nSPS) is 13.4. The van der Waals surface area contributed by atoms with Crippen molar-refractivity contribution in [2.75, 3.05) is 0 Å². The van der Waals surface area contributed by atoms with Gasteiger partial charge in [0.2, 0.25) is 10.0 Å². The van der Waals surface area contributed by atoms with Crippen LogP contribution in [0, 0.1) is 17.0 Å². The molecule has 0 heterocycles. The van der Waals surface area contributed by atoms with E-state index in [9.17, 15) is 32.9 Å². The second-order valence-corrected chi connectivity index (χ2v) is 8.68. The first kappa shape index (κ1) is 19.2. The number of non-ortho nitro benzene ring substituents is 1. The molecule has 3 N–H and O–H groups in total. The van der Waals surface area contributed by atoms with Gasteiger partial charge in [0.05, 0.1) is 9.82 Å². The van der Waals surface area contributed by atoms with Crippen molar-refractivity contribution >= 4 is 23.3 Å². The van der Waals surface area contributed by atoms with E-state index in [0.717, 1.165) is 29.8 Å². The van der Waals surface area contributed by atoms with Crippen molar-refractivity contribution in [3.63, 3.8) is 0 Å². The summed E-state index contributed by atoms with van der Waals surface area (Å²) in [7, 11) is -9.13. The highest BCUT2D eigenvalue weighted by molar-refractivity contribution is 7.89. The van der Waals surface area contributed by atoms with Gasteiger partial charge in [0.1, 0.15) is 5.78 Å². The Kier molecular flexibility index (Phi) is 5.40. The van der Waals surface area contributed by atoms with E-state index in [1.54, 1.807) is 19.1 Å². The van der Waals surface area contributed by atoms with E-state index in [2.05, 4.69) is 0 Å².